The number of benzene rings is 1. The van der Waals surface area contributed by atoms with Gasteiger partial charge in [0.1, 0.15) is 17.5 Å². The second-order valence-corrected chi connectivity index (χ2v) is 9.05. The van der Waals surface area contributed by atoms with Crippen molar-refractivity contribution in [3.05, 3.63) is 47.4 Å². The highest BCUT2D eigenvalue weighted by Gasteiger charge is 2.45. The van der Waals surface area contributed by atoms with Crippen molar-refractivity contribution in [1.82, 2.24) is 19.9 Å². The minimum absolute atomic E-state index is 0.228. The molecular formula is C24H26FN7O. The molecule has 3 aliphatic rings. The first kappa shape index (κ1) is 20.3. The van der Waals surface area contributed by atoms with E-state index in [-0.39, 0.29) is 17.9 Å². The molecule has 1 saturated heterocycles. The fourth-order valence-corrected chi connectivity index (χ4v) is 5.51. The van der Waals surface area contributed by atoms with Crippen LogP contribution in [-0.4, -0.2) is 45.6 Å². The number of rotatable bonds is 5. The van der Waals surface area contributed by atoms with Crippen molar-refractivity contribution in [2.24, 2.45) is 11.7 Å². The van der Waals surface area contributed by atoms with Crippen molar-refractivity contribution in [3.63, 3.8) is 0 Å². The largest absolute Gasteiger partial charge is 0.421 e. The fraction of sp³-hybridized carbons (Fsp3) is 0.417. The minimum atomic E-state index is -0.282. The first-order chi connectivity index (χ1) is 16.0. The quantitative estimate of drug-likeness (QED) is 0.481. The topological polar surface area (TPSA) is 102 Å². The highest BCUT2D eigenvalue weighted by Crippen LogP contribution is 2.48. The van der Waals surface area contributed by atoms with Gasteiger partial charge in [0.25, 0.3) is 0 Å². The lowest BCUT2D eigenvalue weighted by Crippen LogP contribution is -2.41. The molecule has 3 heterocycles. The number of fused-ring (bicyclic) bond motifs is 5. The number of aryl methyl sites for hydroxylation is 1. The fourth-order valence-electron chi connectivity index (χ4n) is 5.51. The average molecular weight is 448 g/mol. The second-order valence-electron chi connectivity index (χ2n) is 9.05. The summed E-state index contributed by atoms with van der Waals surface area (Å²) < 4.78 is 20.5. The molecule has 2 bridgehead atoms. The summed E-state index contributed by atoms with van der Waals surface area (Å²) in [7, 11) is 1.81. The normalized spacial score (nSPS) is 22.4. The van der Waals surface area contributed by atoms with Crippen molar-refractivity contribution in [2.75, 3.05) is 23.8 Å². The molecular weight excluding hydrogens is 421 g/mol. The van der Waals surface area contributed by atoms with E-state index in [0.29, 0.717) is 24.1 Å². The molecule has 2 fully saturated rings. The Morgan fingerprint density at radius 3 is 2.70 bits per heavy atom. The molecule has 3 atom stereocenters. The highest BCUT2D eigenvalue weighted by atomic mass is 19.1. The molecule has 170 valence electrons. The van der Waals surface area contributed by atoms with Crippen LogP contribution in [0.15, 0.2) is 24.5 Å². The van der Waals surface area contributed by atoms with Crippen molar-refractivity contribution < 1.29 is 9.13 Å². The molecule has 2 aromatic heterocycles. The van der Waals surface area contributed by atoms with Gasteiger partial charge in [0, 0.05) is 49.8 Å². The summed E-state index contributed by atoms with van der Waals surface area (Å²) in [6, 6.07) is 3.92. The van der Waals surface area contributed by atoms with Crippen LogP contribution in [0.3, 0.4) is 0 Å². The Morgan fingerprint density at radius 1 is 1.21 bits per heavy atom. The zero-order chi connectivity index (χ0) is 22.7. The number of anilines is 2. The lowest BCUT2D eigenvalue weighted by molar-refractivity contribution is 0.432. The summed E-state index contributed by atoms with van der Waals surface area (Å²) in [6.45, 7) is 2.84. The van der Waals surface area contributed by atoms with Gasteiger partial charge in [-0.1, -0.05) is 6.92 Å². The Morgan fingerprint density at radius 2 is 2.03 bits per heavy atom. The van der Waals surface area contributed by atoms with Crippen LogP contribution in [0.4, 0.5) is 15.9 Å². The van der Waals surface area contributed by atoms with Crippen LogP contribution in [0.1, 0.15) is 36.8 Å². The molecule has 3 aromatic rings. The molecule has 8 nitrogen and oxygen atoms in total. The van der Waals surface area contributed by atoms with E-state index in [1.54, 1.807) is 25.5 Å². The van der Waals surface area contributed by atoms with Crippen molar-refractivity contribution >= 4 is 11.5 Å². The zero-order valence-corrected chi connectivity index (χ0v) is 18.7. The smallest absolute Gasteiger partial charge is 0.324 e. The lowest BCUT2D eigenvalue weighted by atomic mass is 10.0. The number of nitrogens with two attached hydrogens (primary N) is 1. The Labute approximate surface area is 191 Å². The van der Waals surface area contributed by atoms with Gasteiger partial charge < -0.3 is 20.7 Å². The predicted octanol–water partition coefficient (Wildman–Crippen LogP) is 3.30. The molecule has 0 amide bonds. The van der Waals surface area contributed by atoms with Gasteiger partial charge in [0.05, 0.1) is 18.1 Å². The summed E-state index contributed by atoms with van der Waals surface area (Å²) in [5.41, 5.74) is 10.7. The van der Waals surface area contributed by atoms with Gasteiger partial charge >= 0.3 is 6.01 Å². The van der Waals surface area contributed by atoms with Crippen LogP contribution < -0.4 is 20.7 Å². The maximum Gasteiger partial charge on any atom is 0.324 e. The first-order valence-corrected chi connectivity index (χ1v) is 11.5. The maximum atomic E-state index is 14.5. The molecule has 9 heteroatoms. The van der Waals surface area contributed by atoms with Gasteiger partial charge in [-0.15, -0.1) is 0 Å². The van der Waals surface area contributed by atoms with Crippen molar-refractivity contribution in [2.45, 2.75) is 44.7 Å². The summed E-state index contributed by atoms with van der Waals surface area (Å²) in [5.74, 6) is 2.20. The van der Waals surface area contributed by atoms with Crippen LogP contribution in [0.2, 0.25) is 0 Å². The number of ether oxygens (including phenoxy) is 1. The maximum absolute atomic E-state index is 14.5. The van der Waals surface area contributed by atoms with Crippen molar-refractivity contribution in [1.29, 1.82) is 0 Å². The van der Waals surface area contributed by atoms with E-state index >= 15 is 0 Å². The van der Waals surface area contributed by atoms with E-state index in [9.17, 15) is 4.39 Å². The van der Waals surface area contributed by atoms with E-state index in [0.717, 1.165) is 65.5 Å². The monoisotopic (exact) mass is 447 g/mol. The first-order valence-electron chi connectivity index (χ1n) is 11.5. The standard InChI is InChI=1S/C24H26FN7O/c1-3-21-28-9-15(10-29-21)33-24-30-20-8-16-17(5-13(25)6-19(16)27-2)22(20)23(31-24)32-11-12-4-14(32)7-18(12)26/h5-6,9-10,12,14,18,27H,3-4,7-8,11,26H2,1-2H3/t12-,14-,18-/m0/s1. The number of hydrogen-bond donors (Lipinski definition) is 2. The number of hydrogen-bond acceptors (Lipinski definition) is 8. The zero-order valence-electron chi connectivity index (χ0n) is 18.7. The van der Waals surface area contributed by atoms with Gasteiger partial charge in [0.2, 0.25) is 0 Å². The molecule has 1 aromatic carbocycles. The number of piperidine rings is 1. The Balaban J connectivity index is 1.45. The molecule has 0 spiro atoms. The van der Waals surface area contributed by atoms with Crippen LogP contribution in [0.5, 0.6) is 11.8 Å². The van der Waals surface area contributed by atoms with Crippen LogP contribution >= 0.6 is 0 Å². The average Bonchev–Trinajstić information content (AvgIpc) is 3.50. The predicted molar refractivity (Wildman–Crippen MR) is 123 cm³/mol. The van der Waals surface area contributed by atoms with Gasteiger partial charge in [0.15, 0.2) is 5.75 Å². The molecule has 1 saturated carbocycles. The Hall–Kier alpha value is -3.33. The number of nitrogens with zero attached hydrogens (tertiary/aromatic N) is 5. The molecule has 6 rings (SSSR count). The molecule has 3 N–H and O–H groups in total. The molecule has 0 unspecified atom stereocenters. The lowest BCUT2D eigenvalue weighted by Gasteiger charge is -2.32. The third-order valence-corrected chi connectivity index (χ3v) is 7.12. The van der Waals surface area contributed by atoms with E-state index < -0.39 is 0 Å². The van der Waals surface area contributed by atoms with Gasteiger partial charge in [-0.3, -0.25) is 0 Å². The third kappa shape index (κ3) is 3.30. The number of aromatic nitrogens is 4. The van der Waals surface area contributed by atoms with Crippen LogP contribution in [0.25, 0.3) is 11.1 Å². The SMILES string of the molecule is CCc1ncc(Oc2nc3c(c(N4C[C@@H]5C[C@H]4C[C@@H]5N)n2)-c2cc(F)cc(NC)c2C3)cn1. The molecule has 0 radical (unpaired) electrons. The van der Waals surface area contributed by atoms with Gasteiger partial charge in [-0.25, -0.2) is 14.4 Å². The van der Waals surface area contributed by atoms with Crippen LogP contribution in [0, 0.1) is 11.7 Å². The summed E-state index contributed by atoms with van der Waals surface area (Å²) >= 11 is 0. The molecule has 2 aliphatic carbocycles. The summed E-state index contributed by atoms with van der Waals surface area (Å²) in [6.07, 6.45) is 6.61. The van der Waals surface area contributed by atoms with E-state index in [2.05, 4.69) is 20.2 Å². The van der Waals surface area contributed by atoms with Crippen LogP contribution in [-0.2, 0) is 12.8 Å². The van der Waals surface area contributed by atoms with Gasteiger partial charge in [-0.2, -0.15) is 9.97 Å². The molecule has 1 aliphatic heterocycles. The Kier molecular flexibility index (Phi) is 4.69. The summed E-state index contributed by atoms with van der Waals surface area (Å²) in [4.78, 5) is 20.5. The highest BCUT2D eigenvalue weighted by molar-refractivity contribution is 5.88. The minimum Gasteiger partial charge on any atom is -0.421 e. The van der Waals surface area contributed by atoms with E-state index in [1.807, 2.05) is 6.92 Å². The van der Waals surface area contributed by atoms with E-state index in [4.69, 9.17) is 20.4 Å². The molecule has 33 heavy (non-hydrogen) atoms. The number of nitrogens with one attached hydrogen (secondary N) is 1. The van der Waals surface area contributed by atoms with Gasteiger partial charge in [-0.05, 0) is 42.0 Å². The van der Waals surface area contributed by atoms with E-state index in [1.165, 1.54) is 6.07 Å². The van der Waals surface area contributed by atoms with Crippen molar-refractivity contribution in [3.8, 4) is 22.9 Å². The third-order valence-electron chi connectivity index (χ3n) is 7.12. The summed E-state index contributed by atoms with van der Waals surface area (Å²) in [5, 5.41) is 3.12. The second kappa shape index (κ2) is 7.62. The Bertz CT molecular complexity index is 1230. The number of halogens is 1.